The van der Waals surface area contributed by atoms with E-state index in [9.17, 15) is 8.42 Å². The number of halogens is 1. The monoisotopic (exact) mass is 351 g/mol. The normalized spacial score (nSPS) is 25.3. The maximum Gasteiger partial charge on any atom is 0.250 e. The minimum atomic E-state index is -3.35. The van der Waals surface area contributed by atoms with Gasteiger partial charge in [0, 0.05) is 6.04 Å². The molecule has 1 aromatic heterocycles. The summed E-state index contributed by atoms with van der Waals surface area (Å²) >= 11 is 4.65. The summed E-state index contributed by atoms with van der Waals surface area (Å²) in [7, 11) is -3.35. The molecule has 0 aliphatic heterocycles. The van der Waals surface area contributed by atoms with Crippen molar-refractivity contribution in [2.75, 3.05) is 0 Å². The molecule has 2 rings (SSSR count). The van der Waals surface area contributed by atoms with Crippen molar-refractivity contribution in [1.82, 2.24) is 4.72 Å². The number of hydrogen-bond acceptors (Lipinski definition) is 3. The fraction of sp³-hybridized carbons (Fsp3) is 0.667. The van der Waals surface area contributed by atoms with Crippen LogP contribution in [0.4, 0.5) is 0 Å². The molecule has 1 aliphatic carbocycles. The Hall–Kier alpha value is 0.0900. The Kier molecular flexibility index (Phi) is 4.52. The van der Waals surface area contributed by atoms with Crippen molar-refractivity contribution in [2.24, 2.45) is 5.92 Å². The van der Waals surface area contributed by atoms with Crippen LogP contribution in [0.1, 0.15) is 38.2 Å². The molecule has 1 aromatic rings. The van der Waals surface area contributed by atoms with E-state index in [1.165, 1.54) is 17.8 Å². The third-order valence-electron chi connectivity index (χ3n) is 3.36. The van der Waals surface area contributed by atoms with E-state index in [4.69, 9.17) is 0 Å². The van der Waals surface area contributed by atoms with Gasteiger partial charge in [0.15, 0.2) is 0 Å². The van der Waals surface area contributed by atoms with Gasteiger partial charge in [-0.25, -0.2) is 13.1 Å². The molecule has 0 bridgehead atoms. The van der Waals surface area contributed by atoms with E-state index in [0.717, 1.165) is 28.6 Å². The van der Waals surface area contributed by atoms with Gasteiger partial charge in [-0.2, -0.15) is 0 Å². The van der Waals surface area contributed by atoms with Crippen LogP contribution in [0.15, 0.2) is 14.1 Å². The van der Waals surface area contributed by atoms with Gasteiger partial charge in [-0.1, -0.05) is 19.8 Å². The Labute approximate surface area is 121 Å². The summed E-state index contributed by atoms with van der Waals surface area (Å²) < 4.78 is 28.6. The second-order valence-electron chi connectivity index (χ2n) is 5.11. The van der Waals surface area contributed by atoms with Gasteiger partial charge in [0.2, 0.25) is 10.0 Å². The highest BCUT2D eigenvalue weighted by Gasteiger charge is 2.26. The van der Waals surface area contributed by atoms with Crippen LogP contribution in [-0.4, -0.2) is 14.5 Å². The average Bonchev–Trinajstić information content (AvgIpc) is 2.59. The molecule has 1 N–H and O–H groups in total. The molecule has 0 amide bonds. The number of sulfonamides is 1. The van der Waals surface area contributed by atoms with Gasteiger partial charge in [-0.05, 0) is 53.2 Å². The maximum absolute atomic E-state index is 12.3. The lowest BCUT2D eigenvalue weighted by molar-refractivity contribution is 0.327. The lowest BCUT2D eigenvalue weighted by atomic mass is 9.88. The van der Waals surface area contributed by atoms with Crippen molar-refractivity contribution in [3.8, 4) is 0 Å². The number of hydrogen-bond donors (Lipinski definition) is 1. The summed E-state index contributed by atoms with van der Waals surface area (Å²) in [6.07, 6.45) is 4.23. The quantitative estimate of drug-likeness (QED) is 0.902. The first kappa shape index (κ1) is 14.5. The third kappa shape index (κ3) is 3.35. The summed E-state index contributed by atoms with van der Waals surface area (Å²) in [5, 5.41) is 0. The van der Waals surface area contributed by atoms with Gasteiger partial charge in [-0.3, -0.25) is 0 Å². The van der Waals surface area contributed by atoms with Crippen molar-refractivity contribution in [3.05, 3.63) is 15.4 Å². The van der Waals surface area contributed by atoms with Gasteiger partial charge in [0.25, 0.3) is 0 Å². The molecule has 2 unspecified atom stereocenters. The van der Waals surface area contributed by atoms with E-state index >= 15 is 0 Å². The van der Waals surface area contributed by atoms with Crippen LogP contribution >= 0.6 is 27.3 Å². The molecule has 102 valence electrons. The van der Waals surface area contributed by atoms with Crippen molar-refractivity contribution in [1.29, 1.82) is 0 Å². The molecule has 2 atom stereocenters. The molecule has 1 heterocycles. The van der Waals surface area contributed by atoms with Crippen LogP contribution in [-0.2, 0) is 10.0 Å². The summed E-state index contributed by atoms with van der Waals surface area (Å²) in [5.74, 6) is 0.614. The largest absolute Gasteiger partial charge is 0.250 e. The molecule has 18 heavy (non-hydrogen) atoms. The van der Waals surface area contributed by atoms with E-state index in [2.05, 4.69) is 27.6 Å². The molecular formula is C12H18BrNO2S2. The molecule has 0 aromatic carbocycles. The average molecular weight is 352 g/mol. The first-order chi connectivity index (χ1) is 8.38. The molecule has 0 spiro atoms. The molecule has 0 saturated heterocycles. The summed E-state index contributed by atoms with van der Waals surface area (Å²) in [6.45, 7) is 4.09. The smallest absolute Gasteiger partial charge is 0.207 e. The fourth-order valence-corrected chi connectivity index (χ4v) is 5.91. The van der Waals surface area contributed by atoms with Crippen LogP contribution in [0.25, 0.3) is 0 Å². The molecule has 1 saturated carbocycles. The summed E-state index contributed by atoms with van der Waals surface area (Å²) in [6, 6.07) is 1.82. The van der Waals surface area contributed by atoms with E-state index in [0.29, 0.717) is 10.1 Å². The zero-order valence-electron chi connectivity index (χ0n) is 10.6. The molecule has 1 aliphatic rings. The fourth-order valence-electron chi connectivity index (χ4n) is 2.38. The number of rotatable bonds is 3. The van der Waals surface area contributed by atoms with Crippen molar-refractivity contribution in [3.63, 3.8) is 0 Å². The first-order valence-electron chi connectivity index (χ1n) is 6.17. The Balaban J connectivity index is 2.12. The van der Waals surface area contributed by atoms with Crippen molar-refractivity contribution < 1.29 is 8.42 Å². The lowest BCUT2D eigenvalue weighted by Crippen LogP contribution is -2.37. The van der Waals surface area contributed by atoms with Gasteiger partial charge in [-0.15, -0.1) is 11.3 Å². The predicted octanol–water partition coefficient (Wildman–Crippen LogP) is 3.68. The highest BCUT2D eigenvalue weighted by molar-refractivity contribution is 9.11. The van der Waals surface area contributed by atoms with Gasteiger partial charge in [0.1, 0.15) is 4.21 Å². The second kappa shape index (κ2) is 5.61. The van der Waals surface area contributed by atoms with Crippen LogP contribution in [0, 0.1) is 12.8 Å². The van der Waals surface area contributed by atoms with E-state index in [-0.39, 0.29) is 6.04 Å². The SMILES string of the molecule is Cc1cc(S(=O)(=O)NC2CCCC(C)C2)sc1Br. The maximum atomic E-state index is 12.3. The van der Waals surface area contributed by atoms with Crippen molar-refractivity contribution in [2.45, 2.75) is 49.8 Å². The third-order valence-corrected chi connectivity index (χ3v) is 7.49. The highest BCUT2D eigenvalue weighted by Crippen LogP contribution is 2.31. The van der Waals surface area contributed by atoms with Crippen LogP contribution < -0.4 is 4.72 Å². The standard InChI is InChI=1S/C12H18BrNO2S2/c1-8-4-3-5-10(6-8)14-18(15,16)11-7-9(2)12(13)17-11/h7-8,10,14H,3-6H2,1-2H3. The zero-order chi connectivity index (χ0) is 13.3. The molecule has 0 radical (unpaired) electrons. The Bertz CT molecular complexity index is 505. The Morgan fingerprint density at radius 2 is 2.17 bits per heavy atom. The molecule has 6 heteroatoms. The van der Waals surface area contributed by atoms with Crippen molar-refractivity contribution >= 4 is 37.3 Å². The van der Waals surface area contributed by atoms with Gasteiger partial charge in [0.05, 0.1) is 3.79 Å². The Morgan fingerprint density at radius 3 is 2.72 bits per heavy atom. The predicted molar refractivity (Wildman–Crippen MR) is 78.5 cm³/mol. The van der Waals surface area contributed by atoms with E-state index in [1.807, 2.05) is 6.92 Å². The molecule has 3 nitrogen and oxygen atoms in total. The molecular weight excluding hydrogens is 334 g/mol. The number of thiophene rings is 1. The topological polar surface area (TPSA) is 46.2 Å². The summed E-state index contributed by atoms with van der Waals surface area (Å²) in [4.78, 5) is 0. The minimum absolute atomic E-state index is 0.0972. The molecule has 1 fully saturated rings. The van der Waals surface area contributed by atoms with Gasteiger partial charge < -0.3 is 0 Å². The zero-order valence-corrected chi connectivity index (χ0v) is 13.8. The number of nitrogens with one attached hydrogen (secondary N) is 1. The second-order valence-corrected chi connectivity index (χ2v) is 9.42. The number of aryl methyl sites for hydroxylation is 1. The Morgan fingerprint density at radius 1 is 1.44 bits per heavy atom. The van der Waals surface area contributed by atoms with Crippen LogP contribution in [0.3, 0.4) is 0 Å². The first-order valence-corrected chi connectivity index (χ1v) is 9.26. The highest BCUT2D eigenvalue weighted by atomic mass is 79.9. The minimum Gasteiger partial charge on any atom is -0.207 e. The lowest BCUT2D eigenvalue weighted by Gasteiger charge is -2.26. The van der Waals surface area contributed by atoms with E-state index < -0.39 is 10.0 Å². The van der Waals surface area contributed by atoms with E-state index in [1.54, 1.807) is 6.07 Å². The van der Waals surface area contributed by atoms with Crippen LogP contribution in [0.5, 0.6) is 0 Å². The van der Waals surface area contributed by atoms with Gasteiger partial charge >= 0.3 is 0 Å². The summed E-state index contributed by atoms with van der Waals surface area (Å²) in [5.41, 5.74) is 0.970. The van der Waals surface area contributed by atoms with Crippen LogP contribution in [0.2, 0.25) is 0 Å².